The molecule has 0 amide bonds. The maximum Gasteiger partial charge on any atom is 0.416 e. The third kappa shape index (κ3) is 3.05. The Morgan fingerprint density at radius 2 is 2.05 bits per heavy atom. The van der Waals surface area contributed by atoms with Crippen molar-refractivity contribution in [3.05, 3.63) is 41.1 Å². The van der Waals surface area contributed by atoms with Gasteiger partial charge in [-0.25, -0.2) is 4.63 Å². The van der Waals surface area contributed by atoms with E-state index in [2.05, 4.69) is 19.9 Å². The molecule has 0 unspecified atom stereocenters. The first-order valence-corrected chi connectivity index (χ1v) is 5.42. The summed E-state index contributed by atoms with van der Waals surface area (Å²) in [5, 5.41) is 6.76. The van der Waals surface area contributed by atoms with Crippen molar-refractivity contribution < 1.29 is 17.8 Å². The molecule has 2 aromatic rings. The fourth-order valence-electron chi connectivity index (χ4n) is 1.47. The van der Waals surface area contributed by atoms with Crippen molar-refractivity contribution in [3.8, 4) is 0 Å². The number of halogens is 3. The number of nitrogens with two attached hydrogens (primary N) is 2. The number of benzene rings is 1. The molecule has 0 aliphatic rings. The van der Waals surface area contributed by atoms with E-state index in [-0.39, 0.29) is 23.9 Å². The zero-order valence-electron chi connectivity index (χ0n) is 10.1. The van der Waals surface area contributed by atoms with Crippen LogP contribution in [0.2, 0.25) is 0 Å². The first-order chi connectivity index (χ1) is 9.38. The Bertz CT molecular complexity index is 635. The average Bonchev–Trinajstić information content (AvgIpc) is 2.82. The minimum atomic E-state index is -4.40. The average molecular weight is 285 g/mol. The number of alkyl halides is 3. The second kappa shape index (κ2) is 5.19. The van der Waals surface area contributed by atoms with Crippen LogP contribution >= 0.6 is 0 Å². The van der Waals surface area contributed by atoms with Gasteiger partial charge < -0.3 is 11.5 Å². The first kappa shape index (κ1) is 13.8. The Balaban J connectivity index is 2.17. The minimum Gasteiger partial charge on any atom is -0.382 e. The van der Waals surface area contributed by atoms with E-state index >= 15 is 0 Å². The molecule has 0 aliphatic heterocycles. The summed E-state index contributed by atoms with van der Waals surface area (Å²) in [6.45, 7) is -0.0396. The monoisotopic (exact) mass is 285 g/mol. The molecule has 0 fully saturated rings. The van der Waals surface area contributed by atoms with Gasteiger partial charge in [-0.1, -0.05) is 12.1 Å². The van der Waals surface area contributed by atoms with Crippen molar-refractivity contribution in [2.75, 3.05) is 5.73 Å². The Labute approximate surface area is 111 Å². The van der Waals surface area contributed by atoms with Crippen LogP contribution in [0.4, 0.5) is 19.0 Å². The van der Waals surface area contributed by atoms with Gasteiger partial charge in [0.2, 0.25) is 0 Å². The summed E-state index contributed by atoms with van der Waals surface area (Å²) >= 11 is 0. The molecule has 2 rings (SSSR count). The lowest BCUT2D eigenvalue weighted by atomic mass is 10.1. The molecule has 20 heavy (non-hydrogen) atoms. The van der Waals surface area contributed by atoms with Gasteiger partial charge >= 0.3 is 6.18 Å². The molecule has 0 bridgehead atoms. The lowest BCUT2D eigenvalue weighted by Crippen LogP contribution is -2.16. The number of hydrogen-bond donors (Lipinski definition) is 2. The molecule has 0 spiro atoms. The van der Waals surface area contributed by atoms with Gasteiger partial charge in [-0.05, 0) is 28.0 Å². The van der Waals surface area contributed by atoms with Gasteiger partial charge in [-0.3, -0.25) is 4.99 Å². The summed E-state index contributed by atoms with van der Waals surface area (Å²) in [5.41, 5.74) is 10.7. The Morgan fingerprint density at radius 3 is 2.65 bits per heavy atom. The number of hydrogen-bond acceptors (Lipinski definition) is 5. The normalized spacial score (nSPS) is 12.7. The summed E-state index contributed by atoms with van der Waals surface area (Å²) in [5.74, 6) is -0.0866. The van der Waals surface area contributed by atoms with E-state index < -0.39 is 11.7 Å². The highest BCUT2D eigenvalue weighted by Gasteiger charge is 2.30. The molecule has 0 atom stereocenters. The summed E-state index contributed by atoms with van der Waals surface area (Å²) in [4.78, 5) is 3.91. The minimum absolute atomic E-state index is 0.0321. The SMILES string of the molecule is NC(=NCc1cccc(C(F)(F)F)c1)c1nonc1N. The summed E-state index contributed by atoms with van der Waals surface area (Å²) in [6, 6.07) is 4.80. The van der Waals surface area contributed by atoms with Crippen molar-refractivity contribution in [1.82, 2.24) is 10.3 Å². The van der Waals surface area contributed by atoms with Gasteiger partial charge in [-0.15, -0.1) is 0 Å². The molecule has 1 aromatic carbocycles. The van der Waals surface area contributed by atoms with Crippen LogP contribution in [0.5, 0.6) is 0 Å². The maximum absolute atomic E-state index is 12.5. The Kier molecular flexibility index (Phi) is 3.59. The zero-order valence-corrected chi connectivity index (χ0v) is 10.1. The topological polar surface area (TPSA) is 103 Å². The highest BCUT2D eigenvalue weighted by molar-refractivity contribution is 5.99. The van der Waals surface area contributed by atoms with E-state index in [1.165, 1.54) is 12.1 Å². The molecule has 6 nitrogen and oxygen atoms in total. The number of aliphatic imine (C=N–C) groups is 1. The molecular formula is C11H10F3N5O. The predicted octanol–water partition coefficient (Wildman–Crippen LogP) is 1.58. The Hall–Kier alpha value is -2.58. The van der Waals surface area contributed by atoms with E-state index in [1.54, 1.807) is 0 Å². The number of aromatic nitrogens is 2. The molecule has 4 N–H and O–H groups in total. The molecule has 106 valence electrons. The summed E-state index contributed by atoms with van der Waals surface area (Å²) < 4.78 is 42.0. The highest BCUT2D eigenvalue weighted by atomic mass is 19.4. The molecule has 0 saturated carbocycles. The third-order valence-electron chi connectivity index (χ3n) is 2.44. The zero-order chi connectivity index (χ0) is 14.8. The molecule has 0 saturated heterocycles. The lowest BCUT2D eigenvalue weighted by molar-refractivity contribution is -0.137. The number of amidine groups is 1. The number of nitrogen functional groups attached to an aromatic ring is 1. The van der Waals surface area contributed by atoms with Gasteiger partial charge in [0.1, 0.15) is 0 Å². The number of rotatable bonds is 3. The van der Waals surface area contributed by atoms with Crippen LogP contribution in [0.25, 0.3) is 0 Å². The van der Waals surface area contributed by atoms with Gasteiger partial charge in [0, 0.05) is 0 Å². The van der Waals surface area contributed by atoms with Gasteiger partial charge in [0.15, 0.2) is 17.3 Å². The first-order valence-electron chi connectivity index (χ1n) is 5.42. The van der Waals surface area contributed by atoms with Crippen molar-refractivity contribution in [2.24, 2.45) is 10.7 Å². The standard InChI is InChI=1S/C11H10F3N5O/c12-11(13,14)7-3-1-2-6(4-7)5-17-9(15)8-10(16)19-20-18-8/h1-4H,5H2,(H2,15,17)(H2,16,19). The van der Waals surface area contributed by atoms with Crippen molar-refractivity contribution in [3.63, 3.8) is 0 Å². The van der Waals surface area contributed by atoms with Gasteiger partial charge in [0.25, 0.3) is 0 Å². The highest BCUT2D eigenvalue weighted by Crippen LogP contribution is 2.29. The smallest absolute Gasteiger partial charge is 0.382 e. The molecule has 1 aromatic heterocycles. The van der Waals surface area contributed by atoms with Gasteiger partial charge in [0.05, 0.1) is 12.1 Å². The predicted molar refractivity (Wildman–Crippen MR) is 64.6 cm³/mol. The van der Waals surface area contributed by atoms with Crippen molar-refractivity contribution in [1.29, 1.82) is 0 Å². The molecule has 9 heteroatoms. The quantitative estimate of drug-likeness (QED) is 0.658. The van der Waals surface area contributed by atoms with Crippen LogP contribution in [-0.4, -0.2) is 16.1 Å². The van der Waals surface area contributed by atoms with E-state index in [1.807, 2.05) is 0 Å². The molecule has 0 radical (unpaired) electrons. The van der Waals surface area contributed by atoms with E-state index in [4.69, 9.17) is 11.5 Å². The molecular weight excluding hydrogens is 275 g/mol. The van der Waals surface area contributed by atoms with Crippen molar-refractivity contribution in [2.45, 2.75) is 12.7 Å². The number of anilines is 1. The fourth-order valence-corrected chi connectivity index (χ4v) is 1.47. The second-order valence-electron chi connectivity index (χ2n) is 3.90. The largest absolute Gasteiger partial charge is 0.416 e. The number of nitrogens with zero attached hydrogens (tertiary/aromatic N) is 3. The fraction of sp³-hybridized carbons (Fsp3) is 0.182. The van der Waals surface area contributed by atoms with E-state index in [0.717, 1.165) is 12.1 Å². The van der Waals surface area contributed by atoms with Crippen LogP contribution in [-0.2, 0) is 12.7 Å². The maximum atomic E-state index is 12.5. The van der Waals surface area contributed by atoms with Gasteiger partial charge in [-0.2, -0.15) is 13.2 Å². The van der Waals surface area contributed by atoms with Crippen LogP contribution in [0.1, 0.15) is 16.8 Å². The second-order valence-corrected chi connectivity index (χ2v) is 3.90. The van der Waals surface area contributed by atoms with Crippen LogP contribution in [0.15, 0.2) is 33.9 Å². The van der Waals surface area contributed by atoms with Crippen molar-refractivity contribution >= 4 is 11.7 Å². The molecule has 0 aliphatic carbocycles. The lowest BCUT2D eigenvalue weighted by Gasteiger charge is -2.07. The third-order valence-corrected chi connectivity index (χ3v) is 2.44. The van der Waals surface area contributed by atoms with Crippen LogP contribution in [0.3, 0.4) is 0 Å². The molecule has 1 heterocycles. The summed E-state index contributed by atoms with van der Waals surface area (Å²) in [7, 11) is 0. The van der Waals surface area contributed by atoms with Crippen LogP contribution < -0.4 is 11.5 Å². The van der Waals surface area contributed by atoms with E-state index in [9.17, 15) is 13.2 Å². The van der Waals surface area contributed by atoms with Crippen LogP contribution in [0, 0.1) is 0 Å². The van der Waals surface area contributed by atoms with E-state index in [0.29, 0.717) is 5.56 Å². The Morgan fingerprint density at radius 1 is 1.30 bits per heavy atom. The summed E-state index contributed by atoms with van der Waals surface area (Å²) in [6.07, 6.45) is -4.40.